The fraction of sp³-hybridized carbons (Fsp3) is 0.273. The number of hydrogen-bond donors (Lipinski definition) is 0. The molecule has 0 aliphatic heterocycles. The van der Waals surface area contributed by atoms with Gasteiger partial charge in [0.25, 0.3) is 0 Å². The highest BCUT2D eigenvalue weighted by Crippen LogP contribution is 2.44. The van der Waals surface area contributed by atoms with E-state index in [1.165, 1.54) is 0 Å². The lowest BCUT2D eigenvalue weighted by molar-refractivity contribution is -0.154. The molecule has 2 rings (SSSR count). The van der Waals surface area contributed by atoms with Crippen LogP contribution < -0.4 is 9.47 Å². The summed E-state index contributed by atoms with van der Waals surface area (Å²) in [5, 5.41) is 0. The van der Waals surface area contributed by atoms with Crippen molar-refractivity contribution in [3.05, 3.63) is 104 Å². The molecule has 0 aliphatic carbocycles. The fourth-order valence-electron chi connectivity index (χ4n) is 3.76. The zero-order valence-corrected chi connectivity index (χ0v) is 31.9. The SMILES string of the molecule is C=CC(=O)OCC(COc1c(Br)cc(C(C)(C)c2cc(Br)c(OCC(COC(=O)C=C)OC(=O)C=C)c(Br)c2)cc1Br)OC(=O)C=C. The van der Waals surface area contributed by atoms with Crippen LogP contribution in [0.25, 0.3) is 0 Å². The Hall–Kier alpha value is -3.20. The van der Waals surface area contributed by atoms with Gasteiger partial charge in [-0.3, -0.25) is 0 Å². The number of carbonyl (C=O) groups excluding carboxylic acids is 4. The molecular formula is C33H32Br4O10. The van der Waals surface area contributed by atoms with Crippen LogP contribution in [0.1, 0.15) is 25.0 Å². The molecule has 0 bridgehead atoms. The van der Waals surface area contributed by atoms with Crippen LogP contribution in [0.5, 0.6) is 11.5 Å². The highest BCUT2D eigenvalue weighted by Gasteiger charge is 2.28. The van der Waals surface area contributed by atoms with Crippen molar-refractivity contribution in [3.63, 3.8) is 0 Å². The van der Waals surface area contributed by atoms with Crippen molar-refractivity contribution >= 4 is 87.6 Å². The van der Waals surface area contributed by atoms with Crippen molar-refractivity contribution in [2.45, 2.75) is 31.5 Å². The molecule has 14 heteroatoms. The standard InChI is InChI=1S/C33H32Br4O10/c1-7-27(38)42-15-21(46-29(40)9-3)17-44-31-23(34)11-19(12-24(31)35)33(5,6)20-13-25(36)32(26(37)14-20)45-18-22(47-30(41)10-4)16-43-28(39)8-2/h7-14,21-22H,1-4,15-18H2,5-6H3. The molecule has 0 saturated heterocycles. The molecule has 0 amide bonds. The predicted octanol–water partition coefficient (Wildman–Crippen LogP) is 7.47. The van der Waals surface area contributed by atoms with Gasteiger partial charge in [0.1, 0.15) is 37.9 Å². The third-order valence-corrected chi connectivity index (χ3v) is 8.68. The van der Waals surface area contributed by atoms with Crippen molar-refractivity contribution in [1.82, 2.24) is 0 Å². The van der Waals surface area contributed by atoms with Gasteiger partial charge in [0, 0.05) is 29.7 Å². The van der Waals surface area contributed by atoms with Crippen LogP contribution >= 0.6 is 63.7 Å². The molecule has 2 atom stereocenters. The smallest absolute Gasteiger partial charge is 0.330 e. The van der Waals surface area contributed by atoms with E-state index in [0.717, 1.165) is 35.4 Å². The molecule has 0 heterocycles. The van der Waals surface area contributed by atoms with Crippen LogP contribution in [-0.2, 0) is 43.5 Å². The van der Waals surface area contributed by atoms with E-state index < -0.39 is 41.5 Å². The van der Waals surface area contributed by atoms with E-state index in [2.05, 4.69) is 90.0 Å². The lowest BCUT2D eigenvalue weighted by Gasteiger charge is -2.29. The van der Waals surface area contributed by atoms with Crippen molar-refractivity contribution in [3.8, 4) is 11.5 Å². The van der Waals surface area contributed by atoms with Crippen LogP contribution in [0.4, 0.5) is 0 Å². The van der Waals surface area contributed by atoms with E-state index in [0.29, 0.717) is 29.4 Å². The number of hydrogen-bond acceptors (Lipinski definition) is 10. The summed E-state index contributed by atoms with van der Waals surface area (Å²) in [5.41, 5.74) is 1.27. The molecule has 0 N–H and O–H groups in total. The molecule has 0 spiro atoms. The minimum atomic E-state index is -0.902. The van der Waals surface area contributed by atoms with Gasteiger partial charge in [-0.25, -0.2) is 19.2 Å². The Labute approximate surface area is 306 Å². The zero-order valence-electron chi connectivity index (χ0n) is 25.5. The molecule has 0 aliphatic rings. The maximum Gasteiger partial charge on any atom is 0.330 e. The summed E-state index contributed by atoms with van der Waals surface area (Å²) in [7, 11) is 0. The molecule has 10 nitrogen and oxygen atoms in total. The number of rotatable bonds is 18. The van der Waals surface area contributed by atoms with Crippen LogP contribution in [-0.4, -0.2) is 62.5 Å². The number of carbonyl (C=O) groups is 4. The quantitative estimate of drug-likeness (QED) is 0.0846. The van der Waals surface area contributed by atoms with Gasteiger partial charge in [0.2, 0.25) is 0 Å². The summed E-state index contributed by atoms with van der Waals surface area (Å²) in [4.78, 5) is 46.6. The van der Waals surface area contributed by atoms with Crippen LogP contribution in [0.15, 0.2) is 92.8 Å². The van der Waals surface area contributed by atoms with Gasteiger partial charge in [-0.1, -0.05) is 40.2 Å². The van der Waals surface area contributed by atoms with E-state index in [-0.39, 0.29) is 26.4 Å². The highest BCUT2D eigenvalue weighted by atomic mass is 79.9. The second-order valence-corrected chi connectivity index (χ2v) is 13.4. The third kappa shape index (κ3) is 12.1. The Bertz CT molecular complexity index is 1380. The number of halogens is 4. The lowest BCUT2D eigenvalue weighted by Crippen LogP contribution is -2.30. The minimum absolute atomic E-state index is 0.115. The molecule has 47 heavy (non-hydrogen) atoms. The Morgan fingerprint density at radius 1 is 0.596 bits per heavy atom. The zero-order chi connectivity index (χ0) is 35.3. The molecule has 0 saturated carbocycles. The fourth-order valence-corrected chi connectivity index (χ4v) is 6.59. The number of ether oxygens (including phenoxy) is 6. The lowest BCUT2D eigenvalue weighted by atomic mass is 9.78. The van der Waals surface area contributed by atoms with Crippen LogP contribution in [0.2, 0.25) is 0 Å². The Morgan fingerprint density at radius 2 is 0.894 bits per heavy atom. The topological polar surface area (TPSA) is 124 Å². The summed E-state index contributed by atoms with van der Waals surface area (Å²) in [5.74, 6) is -1.83. The first-order chi connectivity index (χ1) is 22.2. The first-order valence-electron chi connectivity index (χ1n) is 13.7. The molecule has 0 fully saturated rings. The van der Waals surface area contributed by atoms with Gasteiger partial charge in [-0.2, -0.15) is 0 Å². The van der Waals surface area contributed by atoms with E-state index in [4.69, 9.17) is 28.4 Å². The average Bonchev–Trinajstić information content (AvgIpc) is 3.03. The van der Waals surface area contributed by atoms with E-state index in [1.54, 1.807) is 0 Å². The van der Waals surface area contributed by atoms with Gasteiger partial charge >= 0.3 is 23.9 Å². The summed E-state index contributed by atoms with van der Waals surface area (Å²) in [6.07, 6.45) is 2.21. The Kier molecular flexibility index (Phi) is 16.1. The van der Waals surface area contributed by atoms with Gasteiger partial charge in [0.15, 0.2) is 12.2 Å². The van der Waals surface area contributed by atoms with Gasteiger partial charge in [-0.15, -0.1) is 0 Å². The third-order valence-electron chi connectivity index (χ3n) is 6.32. The minimum Gasteiger partial charge on any atom is -0.487 e. The first-order valence-corrected chi connectivity index (χ1v) is 16.8. The summed E-state index contributed by atoms with van der Waals surface area (Å²) in [6, 6.07) is 7.60. The molecule has 252 valence electrons. The second kappa shape index (κ2) is 19.0. The van der Waals surface area contributed by atoms with E-state index in [1.807, 2.05) is 38.1 Å². The van der Waals surface area contributed by atoms with Crippen molar-refractivity contribution in [2.75, 3.05) is 26.4 Å². The molecule has 2 unspecified atom stereocenters. The summed E-state index contributed by atoms with van der Waals surface area (Å²) in [6.45, 7) is 16.8. The van der Waals surface area contributed by atoms with Crippen molar-refractivity contribution in [1.29, 1.82) is 0 Å². The summed E-state index contributed by atoms with van der Waals surface area (Å²) >= 11 is 14.3. The molecule has 0 aromatic heterocycles. The van der Waals surface area contributed by atoms with Crippen LogP contribution in [0.3, 0.4) is 0 Å². The number of benzene rings is 2. The molecule has 2 aromatic carbocycles. The normalized spacial score (nSPS) is 12.0. The highest BCUT2D eigenvalue weighted by molar-refractivity contribution is 9.11. The Morgan fingerprint density at radius 3 is 1.17 bits per heavy atom. The van der Waals surface area contributed by atoms with E-state index >= 15 is 0 Å². The van der Waals surface area contributed by atoms with E-state index in [9.17, 15) is 19.2 Å². The average molecular weight is 908 g/mol. The molecule has 2 aromatic rings. The molecular weight excluding hydrogens is 876 g/mol. The van der Waals surface area contributed by atoms with Gasteiger partial charge < -0.3 is 28.4 Å². The van der Waals surface area contributed by atoms with Crippen molar-refractivity contribution < 1.29 is 47.6 Å². The predicted molar refractivity (Wildman–Crippen MR) is 189 cm³/mol. The second-order valence-electron chi connectivity index (χ2n) is 9.98. The number of esters is 4. The largest absolute Gasteiger partial charge is 0.487 e. The maximum absolute atomic E-state index is 11.8. The monoisotopic (exact) mass is 904 g/mol. The van der Waals surface area contributed by atoms with Gasteiger partial charge in [-0.05, 0) is 99.1 Å². The van der Waals surface area contributed by atoms with Gasteiger partial charge in [0.05, 0.1) is 17.9 Å². The Balaban J connectivity index is 2.27. The van der Waals surface area contributed by atoms with Crippen LogP contribution in [0, 0.1) is 0 Å². The maximum atomic E-state index is 11.8. The first kappa shape index (κ1) is 40.0. The summed E-state index contributed by atoms with van der Waals surface area (Å²) < 4.78 is 34.9. The molecule has 0 radical (unpaired) electrons. The van der Waals surface area contributed by atoms with Crippen molar-refractivity contribution in [2.24, 2.45) is 0 Å².